The maximum atomic E-state index is 15.5. The zero-order chi connectivity index (χ0) is 85.5. The summed E-state index contributed by atoms with van der Waals surface area (Å²) < 4.78 is 11.7. The number of aliphatic carboxylic acids is 1. The number of nitrogens with one attached hydrogen (secondary N) is 9. The Bertz CT molecular complexity index is 3200. The quantitative estimate of drug-likeness (QED) is 0.0257. The van der Waals surface area contributed by atoms with Gasteiger partial charge in [-0.05, 0) is 126 Å². The van der Waals surface area contributed by atoms with Gasteiger partial charge in [-0.2, -0.15) is 0 Å². The van der Waals surface area contributed by atoms with Gasteiger partial charge in [0, 0.05) is 51.9 Å². The first-order valence-electron chi connectivity index (χ1n) is 38.5. The number of carbonyl (C=O) groups is 16. The summed E-state index contributed by atoms with van der Waals surface area (Å²) in [6.07, 6.45) is -12.5. The Labute approximate surface area is 654 Å². The lowest BCUT2D eigenvalue weighted by atomic mass is 9.85. The van der Waals surface area contributed by atoms with Crippen molar-refractivity contribution in [2.24, 2.45) is 76.0 Å². The second kappa shape index (κ2) is 48.3. The minimum absolute atomic E-state index is 0.0298. The van der Waals surface area contributed by atoms with E-state index in [1.54, 1.807) is 34.6 Å². The fourth-order valence-electron chi connectivity index (χ4n) is 13.2. The fourth-order valence-corrected chi connectivity index (χ4v) is 13.2. The average molecular weight is 1600 g/mol. The van der Waals surface area contributed by atoms with Crippen molar-refractivity contribution in [3.8, 4) is 0 Å². The monoisotopic (exact) mass is 1600 g/mol. The summed E-state index contributed by atoms with van der Waals surface area (Å²) >= 11 is 0. The highest BCUT2D eigenvalue weighted by molar-refractivity contribution is 5.99. The lowest BCUT2D eigenvalue weighted by Crippen LogP contribution is -2.65. The minimum Gasteiger partial charge on any atom is -0.481 e. The number of rotatable bonds is 38. The number of likely N-dealkylation sites (N-methyl/N-ethyl adjacent to an activating group) is 1. The maximum Gasteiger partial charge on any atom is 0.329 e. The third-order valence-corrected chi connectivity index (χ3v) is 20.8. The number of hydrogen-bond donors (Lipinski definition) is 19. The molecule has 112 heavy (non-hydrogen) atoms. The largest absolute Gasteiger partial charge is 0.481 e. The number of primary amides is 3. The van der Waals surface area contributed by atoms with E-state index in [0.29, 0.717) is 6.42 Å². The number of esters is 1. The summed E-state index contributed by atoms with van der Waals surface area (Å²) in [5.74, 6) is -24.6. The molecule has 0 aromatic rings. The van der Waals surface area contributed by atoms with Crippen LogP contribution < -0.4 is 76.5 Å². The SMILES string of the molecule is COC(C)C1NC(=O)CC(CCC(N)=O)N(C)C(=O)C(CC(C)C)NC(=O)C(CCCN)NC(=O)C(CO)NC(=O)C(NC(=O)C(NC(=O)C(O)C(O)C(CCC(N)=O)NC(=O)C(CCCN)NC(=O)C(C)C(O)C(C)CC(C)C)C(C)C(C)C(N)=O)C(C(C)C(C)C)OC(=O)C2CCCCN2C(=O)C(CC(=O)O)NC1=O. The molecule has 0 spiro atoms. The summed E-state index contributed by atoms with van der Waals surface area (Å²) in [6, 6.07) is -19.4. The second-order valence-electron chi connectivity index (χ2n) is 30.9. The maximum absolute atomic E-state index is 15.5. The number of ether oxygens (including phenoxy) is 2. The van der Waals surface area contributed by atoms with Crippen molar-refractivity contribution in [1.82, 2.24) is 57.7 Å². The Morgan fingerprint density at radius 2 is 1.22 bits per heavy atom. The Morgan fingerprint density at radius 3 is 1.77 bits per heavy atom. The molecule has 2 heterocycles. The van der Waals surface area contributed by atoms with Crippen LogP contribution >= 0.6 is 0 Å². The van der Waals surface area contributed by atoms with Gasteiger partial charge in [-0.25, -0.2) is 4.79 Å². The van der Waals surface area contributed by atoms with Crippen molar-refractivity contribution in [3.63, 3.8) is 0 Å². The molecule has 39 heteroatoms. The van der Waals surface area contributed by atoms with Crippen LogP contribution in [0.25, 0.3) is 0 Å². The summed E-state index contributed by atoms with van der Waals surface area (Å²) in [6.45, 7) is 17.4. The summed E-state index contributed by atoms with van der Waals surface area (Å²) in [5.41, 5.74) is 28.5. The molecule has 0 radical (unpaired) electrons. The van der Waals surface area contributed by atoms with Crippen molar-refractivity contribution in [3.05, 3.63) is 0 Å². The summed E-state index contributed by atoms with van der Waals surface area (Å²) in [5, 5.41) is 78.2. The zero-order valence-corrected chi connectivity index (χ0v) is 67.2. The number of carboxylic acids is 1. The second-order valence-corrected chi connectivity index (χ2v) is 30.9. The first-order chi connectivity index (χ1) is 52.3. The number of methoxy groups -OCH3 is 1. The normalized spacial score (nSPS) is 24.4. The van der Waals surface area contributed by atoms with Crippen LogP contribution in [0.5, 0.6) is 0 Å². The fraction of sp³-hybridized carbons (Fsp3) is 0.781. The van der Waals surface area contributed by atoms with Gasteiger partial charge in [0.2, 0.25) is 76.8 Å². The van der Waals surface area contributed by atoms with Gasteiger partial charge in [0.25, 0.3) is 5.91 Å². The molecule has 14 amide bonds. The number of piperidine rings is 1. The van der Waals surface area contributed by atoms with Crippen LogP contribution in [0.3, 0.4) is 0 Å². The van der Waals surface area contributed by atoms with Gasteiger partial charge in [0.05, 0.1) is 37.2 Å². The molecule has 2 fully saturated rings. The van der Waals surface area contributed by atoms with Crippen LogP contribution in [0.4, 0.5) is 0 Å². The van der Waals surface area contributed by atoms with E-state index in [2.05, 4.69) is 47.9 Å². The lowest BCUT2D eigenvalue weighted by Gasteiger charge is -2.39. The number of nitrogens with two attached hydrogens (primary N) is 5. The Balaban J connectivity index is 3.13. The molecule has 0 saturated carbocycles. The van der Waals surface area contributed by atoms with Crippen molar-refractivity contribution in [1.29, 1.82) is 0 Å². The molecule has 2 saturated heterocycles. The topological polar surface area (TPSA) is 638 Å². The number of cyclic esters (lactones) is 1. The number of nitrogens with zero attached hydrogens (tertiary/aromatic N) is 2. The number of aliphatic hydroxyl groups is 4. The Kier molecular flexibility index (Phi) is 42.9. The number of carbonyl (C=O) groups excluding carboxylic acids is 15. The van der Waals surface area contributed by atoms with Crippen molar-refractivity contribution < 1.29 is 112 Å². The number of carboxylic acid groups (broad SMARTS) is 1. The van der Waals surface area contributed by atoms with E-state index >= 15 is 19.2 Å². The highest BCUT2D eigenvalue weighted by atomic mass is 16.5. The van der Waals surface area contributed by atoms with Crippen LogP contribution in [0, 0.1) is 47.3 Å². The van der Waals surface area contributed by atoms with Crippen molar-refractivity contribution >= 4 is 94.6 Å². The van der Waals surface area contributed by atoms with Gasteiger partial charge < -0.3 is 121 Å². The first-order valence-corrected chi connectivity index (χ1v) is 38.5. The Morgan fingerprint density at radius 1 is 0.634 bits per heavy atom. The zero-order valence-electron chi connectivity index (χ0n) is 67.2. The van der Waals surface area contributed by atoms with Gasteiger partial charge in [-0.3, -0.25) is 71.9 Å². The van der Waals surface area contributed by atoms with E-state index in [9.17, 15) is 83.1 Å². The number of hydrogen-bond acceptors (Lipinski definition) is 24. The van der Waals surface area contributed by atoms with Gasteiger partial charge in [0.15, 0.2) is 6.10 Å². The molecular formula is C73H128N16O23. The van der Waals surface area contributed by atoms with Crippen LogP contribution in [0.2, 0.25) is 0 Å². The molecule has 2 rings (SSSR count). The van der Waals surface area contributed by atoms with Crippen LogP contribution in [-0.4, -0.2) is 267 Å². The minimum atomic E-state index is -2.69. The predicted molar refractivity (Wildman–Crippen MR) is 404 cm³/mol. The smallest absolute Gasteiger partial charge is 0.329 e. The number of amides is 14. The summed E-state index contributed by atoms with van der Waals surface area (Å²) in [4.78, 5) is 229. The molecule has 21 unspecified atom stereocenters. The van der Waals surface area contributed by atoms with Crippen molar-refractivity contribution in [2.75, 3.05) is 40.4 Å². The van der Waals surface area contributed by atoms with E-state index in [4.69, 9.17) is 38.1 Å². The molecule has 638 valence electrons. The molecule has 2 aliphatic heterocycles. The summed E-state index contributed by atoms with van der Waals surface area (Å²) in [7, 11) is 2.45. The van der Waals surface area contributed by atoms with Crippen LogP contribution in [0.1, 0.15) is 179 Å². The van der Waals surface area contributed by atoms with E-state index < -0.39 is 253 Å². The molecule has 0 aromatic heterocycles. The predicted octanol–water partition coefficient (Wildman–Crippen LogP) is -5.12. The first kappa shape index (κ1) is 99.3. The molecule has 0 aliphatic carbocycles. The lowest BCUT2D eigenvalue weighted by molar-refractivity contribution is -0.168. The highest BCUT2D eigenvalue weighted by Gasteiger charge is 2.48. The van der Waals surface area contributed by atoms with E-state index in [1.165, 1.54) is 48.8 Å². The molecular weight excluding hydrogens is 1470 g/mol. The molecule has 21 atom stereocenters. The molecule has 24 N–H and O–H groups in total. The van der Waals surface area contributed by atoms with Gasteiger partial charge in [-0.15, -0.1) is 0 Å². The third kappa shape index (κ3) is 31.3. The van der Waals surface area contributed by atoms with E-state index in [-0.39, 0.29) is 102 Å². The van der Waals surface area contributed by atoms with Gasteiger partial charge >= 0.3 is 11.9 Å². The molecule has 0 aromatic carbocycles. The number of fused-ring (bicyclic) bond motifs is 1. The van der Waals surface area contributed by atoms with Crippen molar-refractivity contribution in [2.45, 2.75) is 276 Å². The van der Waals surface area contributed by atoms with E-state index in [0.717, 1.165) is 9.80 Å². The van der Waals surface area contributed by atoms with Gasteiger partial charge in [0.1, 0.15) is 66.6 Å². The Hall–Kier alpha value is -8.76. The number of aliphatic hydroxyl groups excluding tert-OH is 4. The van der Waals surface area contributed by atoms with Crippen LogP contribution in [0.15, 0.2) is 0 Å². The average Bonchev–Trinajstić information content (AvgIpc) is 0.802. The molecule has 2 aliphatic rings. The van der Waals surface area contributed by atoms with Crippen LogP contribution in [-0.2, 0) is 86.2 Å². The van der Waals surface area contributed by atoms with E-state index in [1.807, 2.05) is 13.8 Å². The molecule has 0 bridgehead atoms. The standard InChI is InChI=1S/C73H128N16O23/c1-34(2)29-37(7)58(96)41(11)63(100)80-45(19-17-26-74)64(101)79-44(23-25-52(77)92)59(97)60(98)70(107)86-55(39(9)40(10)62(78)99)67(104)87-57-61(38(8)36(5)6)112-73(110)50-21-15-16-28-89(50)72(109)48(32-54(94)95)83-68(105)56(42(12)111-14)85-53(93)31-43(22-24-51(76)91)88(13)71(108)47(30-35(3)4)82-65(102)46(20-18-27-75)81-66(103)49(33-90)84-69(57)106/h34-50,55-61,90,96-98H,15-33,74-75H2,1-14H3,(H2,76,91)(H2,77,92)(H2,78,99)(H,79,101)(H,80,100)(H,81,103)(H,82,102)(H,83,105)(H,84,106)(H,85,93)(H,86,107)(H,87,104)(H,94,95). The third-order valence-electron chi connectivity index (χ3n) is 20.8. The molecule has 39 nitrogen and oxygen atoms in total. The van der Waals surface area contributed by atoms with Gasteiger partial charge in [-0.1, -0.05) is 76.2 Å². The highest BCUT2D eigenvalue weighted by Crippen LogP contribution is 2.28.